The van der Waals surface area contributed by atoms with Crippen molar-refractivity contribution in [3.63, 3.8) is 0 Å². The van der Waals surface area contributed by atoms with E-state index in [0.29, 0.717) is 39.9 Å². The molecule has 8 heteroatoms. The van der Waals surface area contributed by atoms with Crippen LogP contribution in [0.3, 0.4) is 0 Å². The first kappa shape index (κ1) is 21.0. The molecule has 3 aromatic rings. The number of carbonyl (C=O) groups excluding carboxylic acids is 2. The Labute approximate surface area is 185 Å². The van der Waals surface area contributed by atoms with E-state index >= 15 is 0 Å². The highest BCUT2D eigenvalue weighted by Gasteiger charge is 2.29. The molecule has 0 aliphatic carbocycles. The Hall–Kier alpha value is -4.20. The molecule has 3 aromatic carbocycles. The van der Waals surface area contributed by atoms with E-state index in [0.717, 1.165) is 5.56 Å². The van der Waals surface area contributed by atoms with Gasteiger partial charge in [-0.15, -0.1) is 0 Å². The van der Waals surface area contributed by atoms with Gasteiger partial charge in [0.2, 0.25) is 11.9 Å². The fourth-order valence-electron chi connectivity index (χ4n) is 3.45. The van der Waals surface area contributed by atoms with Crippen molar-refractivity contribution in [1.82, 2.24) is 0 Å². The molecule has 0 saturated heterocycles. The second kappa shape index (κ2) is 8.89. The van der Waals surface area contributed by atoms with E-state index in [1.54, 1.807) is 30.3 Å². The van der Waals surface area contributed by atoms with E-state index in [1.165, 1.54) is 21.3 Å². The summed E-state index contributed by atoms with van der Waals surface area (Å²) in [5.74, 6) is 0.994. The van der Waals surface area contributed by atoms with Gasteiger partial charge in [0, 0.05) is 16.8 Å². The summed E-state index contributed by atoms with van der Waals surface area (Å²) in [5.41, 5.74) is 2.05. The molecule has 2 N–H and O–H groups in total. The monoisotopic (exact) mass is 434 g/mol. The lowest BCUT2D eigenvalue weighted by atomic mass is 10.1. The van der Waals surface area contributed by atoms with E-state index < -0.39 is 6.10 Å². The summed E-state index contributed by atoms with van der Waals surface area (Å²) in [7, 11) is 4.45. The highest BCUT2D eigenvalue weighted by Crippen LogP contribution is 2.39. The number of hydrogen-bond acceptors (Lipinski definition) is 6. The van der Waals surface area contributed by atoms with Crippen LogP contribution in [0.2, 0.25) is 0 Å². The molecule has 0 aromatic heterocycles. The minimum Gasteiger partial charge on any atom is -0.493 e. The summed E-state index contributed by atoms with van der Waals surface area (Å²) in [6.45, 7) is 0. The van der Waals surface area contributed by atoms with E-state index in [-0.39, 0.29) is 11.8 Å². The Morgan fingerprint density at radius 3 is 2.25 bits per heavy atom. The summed E-state index contributed by atoms with van der Waals surface area (Å²) >= 11 is 0. The van der Waals surface area contributed by atoms with Crippen molar-refractivity contribution in [3.8, 4) is 23.0 Å². The van der Waals surface area contributed by atoms with Gasteiger partial charge in [-0.05, 0) is 30.3 Å². The van der Waals surface area contributed by atoms with Gasteiger partial charge in [-0.2, -0.15) is 0 Å². The zero-order valence-corrected chi connectivity index (χ0v) is 17.8. The SMILES string of the molecule is COc1cc(C(=O)Nc2ccc3c(c2)NC(=O)C(c2ccccc2)O3)cc(OC)c1OC. The number of nitrogens with one attached hydrogen (secondary N) is 2. The first-order valence-electron chi connectivity index (χ1n) is 9.82. The van der Waals surface area contributed by atoms with Crippen LogP contribution in [-0.2, 0) is 4.79 Å². The molecule has 1 heterocycles. The Kier molecular flexibility index (Phi) is 5.85. The molecule has 1 atom stereocenters. The van der Waals surface area contributed by atoms with E-state index in [2.05, 4.69) is 10.6 Å². The van der Waals surface area contributed by atoms with Crippen molar-refractivity contribution in [3.05, 3.63) is 71.8 Å². The van der Waals surface area contributed by atoms with Gasteiger partial charge in [0.25, 0.3) is 11.8 Å². The summed E-state index contributed by atoms with van der Waals surface area (Å²) < 4.78 is 21.8. The van der Waals surface area contributed by atoms with Crippen molar-refractivity contribution < 1.29 is 28.5 Å². The van der Waals surface area contributed by atoms with Crippen LogP contribution in [0, 0.1) is 0 Å². The summed E-state index contributed by atoms with van der Waals surface area (Å²) in [6, 6.07) is 17.4. The topological polar surface area (TPSA) is 95.1 Å². The molecule has 0 spiro atoms. The average molecular weight is 434 g/mol. The molecule has 0 saturated carbocycles. The molecule has 0 radical (unpaired) electrons. The van der Waals surface area contributed by atoms with Gasteiger partial charge in [-0.1, -0.05) is 30.3 Å². The smallest absolute Gasteiger partial charge is 0.270 e. The lowest BCUT2D eigenvalue weighted by Crippen LogP contribution is -2.30. The summed E-state index contributed by atoms with van der Waals surface area (Å²) in [4.78, 5) is 25.4. The third-order valence-electron chi connectivity index (χ3n) is 5.01. The van der Waals surface area contributed by atoms with Crippen LogP contribution in [0.15, 0.2) is 60.7 Å². The van der Waals surface area contributed by atoms with Gasteiger partial charge in [-0.25, -0.2) is 0 Å². The maximum absolute atomic E-state index is 12.8. The number of amides is 2. The third kappa shape index (κ3) is 4.02. The Morgan fingerprint density at radius 1 is 0.938 bits per heavy atom. The number of rotatable bonds is 6. The minimum atomic E-state index is -0.733. The lowest BCUT2D eigenvalue weighted by molar-refractivity contribution is -0.123. The van der Waals surface area contributed by atoms with Gasteiger partial charge in [0.15, 0.2) is 11.5 Å². The van der Waals surface area contributed by atoms with E-state index in [1.807, 2.05) is 30.3 Å². The number of fused-ring (bicyclic) bond motifs is 1. The predicted molar refractivity (Wildman–Crippen MR) is 119 cm³/mol. The Morgan fingerprint density at radius 2 is 1.62 bits per heavy atom. The Bertz CT molecular complexity index is 1140. The van der Waals surface area contributed by atoms with Crippen LogP contribution in [-0.4, -0.2) is 33.1 Å². The second-order valence-electron chi connectivity index (χ2n) is 6.98. The third-order valence-corrected chi connectivity index (χ3v) is 5.01. The van der Waals surface area contributed by atoms with Crippen molar-refractivity contribution in [2.45, 2.75) is 6.10 Å². The van der Waals surface area contributed by atoms with Crippen LogP contribution in [0.25, 0.3) is 0 Å². The molecule has 1 aliphatic heterocycles. The molecular formula is C24H22N2O6. The predicted octanol–water partition coefficient (Wildman–Crippen LogP) is 4.04. The highest BCUT2D eigenvalue weighted by molar-refractivity contribution is 6.06. The number of ether oxygens (including phenoxy) is 4. The number of carbonyl (C=O) groups is 2. The van der Waals surface area contributed by atoms with Crippen molar-refractivity contribution in [1.29, 1.82) is 0 Å². The first-order valence-corrected chi connectivity index (χ1v) is 9.82. The quantitative estimate of drug-likeness (QED) is 0.608. The molecule has 1 unspecified atom stereocenters. The first-order chi connectivity index (χ1) is 15.5. The van der Waals surface area contributed by atoms with Crippen LogP contribution in [0.1, 0.15) is 22.0 Å². The molecule has 0 bridgehead atoms. The van der Waals surface area contributed by atoms with Crippen LogP contribution in [0.4, 0.5) is 11.4 Å². The van der Waals surface area contributed by atoms with Gasteiger partial charge >= 0.3 is 0 Å². The van der Waals surface area contributed by atoms with Gasteiger partial charge in [-0.3, -0.25) is 9.59 Å². The van der Waals surface area contributed by atoms with Gasteiger partial charge in [0.1, 0.15) is 5.75 Å². The van der Waals surface area contributed by atoms with Crippen LogP contribution >= 0.6 is 0 Å². The molecule has 2 amide bonds. The molecule has 32 heavy (non-hydrogen) atoms. The van der Waals surface area contributed by atoms with Gasteiger partial charge < -0.3 is 29.6 Å². The van der Waals surface area contributed by atoms with Crippen molar-refractivity contribution >= 4 is 23.2 Å². The van der Waals surface area contributed by atoms with E-state index in [9.17, 15) is 9.59 Å². The second-order valence-corrected chi connectivity index (χ2v) is 6.98. The largest absolute Gasteiger partial charge is 0.493 e. The molecular weight excluding hydrogens is 412 g/mol. The zero-order chi connectivity index (χ0) is 22.7. The fraction of sp³-hybridized carbons (Fsp3) is 0.167. The number of methoxy groups -OCH3 is 3. The van der Waals surface area contributed by atoms with Crippen LogP contribution in [0.5, 0.6) is 23.0 Å². The van der Waals surface area contributed by atoms with Crippen molar-refractivity contribution in [2.24, 2.45) is 0 Å². The number of benzene rings is 3. The van der Waals surface area contributed by atoms with Crippen molar-refractivity contribution in [2.75, 3.05) is 32.0 Å². The standard InChI is InChI=1S/C24H22N2O6/c1-29-19-11-15(12-20(30-2)22(19)31-3)23(27)25-16-9-10-18-17(13-16)26-24(28)21(32-18)14-7-5-4-6-8-14/h4-13,21H,1-3H3,(H,25,27)(H,26,28). The summed E-state index contributed by atoms with van der Waals surface area (Å²) in [6.07, 6.45) is -0.733. The van der Waals surface area contributed by atoms with Crippen LogP contribution < -0.4 is 29.6 Å². The highest BCUT2D eigenvalue weighted by atomic mass is 16.5. The maximum Gasteiger partial charge on any atom is 0.270 e. The molecule has 8 nitrogen and oxygen atoms in total. The Balaban J connectivity index is 1.55. The molecule has 164 valence electrons. The lowest BCUT2D eigenvalue weighted by Gasteiger charge is -2.26. The number of hydrogen-bond donors (Lipinski definition) is 2. The number of anilines is 2. The summed E-state index contributed by atoms with van der Waals surface area (Å²) in [5, 5.41) is 5.65. The fourth-order valence-corrected chi connectivity index (χ4v) is 3.45. The zero-order valence-electron chi connectivity index (χ0n) is 17.8. The van der Waals surface area contributed by atoms with E-state index in [4.69, 9.17) is 18.9 Å². The normalized spacial score (nSPS) is 14.5. The molecule has 4 rings (SSSR count). The van der Waals surface area contributed by atoms with Gasteiger partial charge in [0.05, 0.1) is 27.0 Å². The minimum absolute atomic E-state index is 0.281. The molecule has 1 aliphatic rings. The average Bonchev–Trinajstić information content (AvgIpc) is 2.83. The molecule has 0 fully saturated rings. The maximum atomic E-state index is 12.8.